The molecule has 7 heteroatoms. The van der Waals surface area contributed by atoms with Crippen molar-refractivity contribution in [1.29, 1.82) is 0 Å². The molecule has 122 valence electrons. The van der Waals surface area contributed by atoms with Crippen molar-refractivity contribution in [3.63, 3.8) is 0 Å². The number of carbonyl (C=O) groups is 3. The van der Waals surface area contributed by atoms with Gasteiger partial charge in [0.15, 0.2) is 0 Å². The summed E-state index contributed by atoms with van der Waals surface area (Å²) in [6.45, 7) is 3.69. The molecular formula is C15H21NO6. The highest BCUT2D eigenvalue weighted by atomic mass is 16.4. The van der Waals surface area contributed by atoms with Gasteiger partial charge in [-0.3, -0.25) is 14.4 Å². The van der Waals surface area contributed by atoms with Crippen molar-refractivity contribution in [2.75, 3.05) is 6.54 Å². The van der Waals surface area contributed by atoms with Crippen LogP contribution in [0, 0.1) is 11.8 Å². The average Bonchev–Trinajstić information content (AvgIpc) is 2.81. The third-order valence-corrected chi connectivity index (χ3v) is 3.81. The van der Waals surface area contributed by atoms with Gasteiger partial charge in [-0.2, -0.15) is 0 Å². The Labute approximate surface area is 128 Å². The molecule has 1 fully saturated rings. The largest absolute Gasteiger partial charge is 0.481 e. The Hall–Kier alpha value is -2.15. The molecule has 0 spiro atoms. The van der Waals surface area contributed by atoms with E-state index in [9.17, 15) is 14.4 Å². The summed E-state index contributed by atoms with van der Waals surface area (Å²) in [6.07, 6.45) is 3.55. The molecule has 0 aromatic carbocycles. The fourth-order valence-electron chi connectivity index (χ4n) is 2.47. The lowest BCUT2D eigenvalue weighted by Gasteiger charge is -2.15. The zero-order chi connectivity index (χ0) is 16.9. The first-order valence-electron chi connectivity index (χ1n) is 7.01. The number of carboxylic acid groups (broad SMARTS) is 3. The lowest BCUT2D eigenvalue weighted by atomic mass is 9.89. The molecular weight excluding hydrogens is 290 g/mol. The standard InChI is InChI=1S/C15H21NO6/c1-8(4-3-5-9(2)14(19)20)11-7-16-13(15(21)22)10(11)6-12(17)18/h3-4,9-10,13,16H,5-7H2,1-2H3,(H,17,18)(H,19,20)(H,21,22)/b4-3+,11-8-/t9?,10-,13-/m0/s1. The molecule has 0 bridgehead atoms. The molecule has 0 aromatic heterocycles. The van der Waals surface area contributed by atoms with E-state index in [1.807, 2.05) is 0 Å². The molecule has 1 saturated heterocycles. The highest BCUT2D eigenvalue weighted by Crippen LogP contribution is 2.28. The van der Waals surface area contributed by atoms with Gasteiger partial charge in [-0.05, 0) is 18.9 Å². The molecule has 0 saturated carbocycles. The monoisotopic (exact) mass is 311 g/mol. The van der Waals surface area contributed by atoms with Crippen LogP contribution in [0.25, 0.3) is 0 Å². The van der Waals surface area contributed by atoms with Crippen LogP contribution in [-0.2, 0) is 14.4 Å². The zero-order valence-corrected chi connectivity index (χ0v) is 12.6. The van der Waals surface area contributed by atoms with Crippen LogP contribution in [0.4, 0.5) is 0 Å². The van der Waals surface area contributed by atoms with E-state index in [0.717, 1.165) is 11.1 Å². The van der Waals surface area contributed by atoms with Crippen molar-refractivity contribution in [2.45, 2.75) is 32.7 Å². The van der Waals surface area contributed by atoms with E-state index in [2.05, 4.69) is 5.32 Å². The SMILES string of the molecule is CC(/C=C/CC(C)C(=O)O)=C1\CN[C@H](C(=O)O)[C@H]1CC(=O)O. The van der Waals surface area contributed by atoms with Gasteiger partial charge in [0, 0.05) is 12.5 Å². The fraction of sp³-hybridized carbons (Fsp3) is 0.533. The maximum Gasteiger partial charge on any atom is 0.321 e. The summed E-state index contributed by atoms with van der Waals surface area (Å²) in [4.78, 5) is 32.9. The van der Waals surface area contributed by atoms with Crippen LogP contribution in [0.1, 0.15) is 26.7 Å². The normalized spacial score (nSPS) is 25.2. The summed E-state index contributed by atoms with van der Waals surface area (Å²) in [5.74, 6) is -4.10. The van der Waals surface area contributed by atoms with Crippen molar-refractivity contribution in [3.05, 3.63) is 23.3 Å². The number of carboxylic acids is 3. The molecule has 0 aromatic rings. The summed E-state index contributed by atoms with van der Waals surface area (Å²) >= 11 is 0. The minimum atomic E-state index is -1.07. The van der Waals surface area contributed by atoms with Crippen LogP contribution in [-0.4, -0.2) is 45.8 Å². The van der Waals surface area contributed by atoms with Crippen LogP contribution in [0.3, 0.4) is 0 Å². The van der Waals surface area contributed by atoms with Gasteiger partial charge in [0.25, 0.3) is 0 Å². The van der Waals surface area contributed by atoms with Crippen molar-refractivity contribution in [2.24, 2.45) is 11.8 Å². The first-order valence-corrected chi connectivity index (χ1v) is 7.01. The summed E-state index contributed by atoms with van der Waals surface area (Å²) < 4.78 is 0. The minimum absolute atomic E-state index is 0.254. The van der Waals surface area contributed by atoms with E-state index in [1.165, 1.54) is 0 Å². The Morgan fingerprint density at radius 3 is 2.45 bits per heavy atom. The molecule has 1 rings (SSSR count). The van der Waals surface area contributed by atoms with Gasteiger partial charge in [-0.15, -0.1) is 0 Å². The predicted molar refractivity (Wildman–Crippen MR) is 78.4 cm³/mol. The number of hydrogen-bond donors (Lipinski definition) is 4. The third kappa shape index (κ3) is 4.70. The topological polar surface area (TPSA) is 124 Å². The highest BCUT2D eigenvalue weighted by molar-refractivity contribution is 5.78. The molecule has 22 heavy (non-hydrogen) atoms. The quantitative estimate of drug-likeness (QED) is 0.555. The number of aliphatic carboxylic acids is 3. The van der Waals surface area contributed by atoms with Crippen LogP contribution in [0.5, 0.6) is 0 Å². The molecule has 3 atom stereocenters. The van der Waals surface area contributed by atoms with Gasteiger partial charge in [-0.1, -0.05) is 24.6 Å². The van der Waals surface area contributed by atoms with Gasteiger partial charge in [0.05, 0.1) is 12.3 Å². The number of rotatable bonds is 7. The van der Waals surface area contributed by atoms with Crippen LogP contribution in [0.15, 0.2) is 23.3 Å². The van der Waals surface area contributed by atoms with Crippen LogP contribution in [0.2, 0.25) is 0 Å². The second kappa shape index (κ2) is 7.74. The van der Waals surface area contributed by atoms with E-state index in [4.69, 9.17) is 15.3 Å². The maximum atomic E-state index is 11.2. The Bertz CT molecular complexity index is 522. The van der Waals surface area contributed by atoms with E-state index >= 15 is 0 Å². The van der Waals surface area contributed by atoms with Crippen molar-refractivity contribution < 1.29 is 29.7 Å². The predicted octanol–water partition coefficient (Wildman–Crippen LogP) is 1.12. The second-order valence-electron chi connectivity index (χ2n) is 5.49. The van der Waals surface area contributed by atoms with Gasteiger partial charge in [0.1, 0.15) is 6.04 Å². The Morgan fingerprint density at radius 2 is 1.95 bits per heavy atom. The smallest absolute Gasteiger partial charge is 0.321 e. The molecule has 1 heterocycles. The second-order valence-corrected chi connectivity index (χ2v) is 5.49. The summed E-state index contributed by atoms with van der Waals surface area (Å²) in [6, 6.07) is -0.910. The average molecular weight is 311 g/mol. The number of nitrogens with one attached hydrogen (secondary N) is 1. The first kappa shape index (κ1) is 17.9. The molecule has 7 nitrogen and oxygen atoms in total. The van der Waals surface area contributed by atoms with Gasteiger partial charge in [-0.25, -0.2) is 0 Å². The van der Waals surface area contributed by atoms with Crippen LogP contribution < -0.4 is 5.32 Å². The maximum absolute atomic E-state index is 11.2. The molecule has 0 amide bonds. The first-order chi connectivity index (χ1) is 10.2. The Balaban J connectivity index is 2.89. The van der Waals surface area contributed by atoms with Crippen molar-refractivity contribution in [1.82, 2.24) is 5.32 Å². The fourth-order valence-corrected chi connectivity index (χ4v) is 2.47. The molecule has 0 aliphatic carbocycles. The van der Waals surface area contributed by atoms with E-state index < -0.39 is 35.8 Å². The Kier molecular flexibility index (Phi) is 6.30. The van der Waals surface area contributed by atoms with Crippen molar-refractivity contribution in [3.8, 4) is 0 Å². The zero-order valence-electron chi connectivity index (χ0n) is 12.6. The lowest BCUT2D eigenvalue weighted by Crippen LogP contribution is -2.36. The molecule has 0 radical (unpaired) electrons. The molecule has 1 aliphatic rings. The van der Waals surface area contributed by atoms with Crippen molar-refractivity contribution >= 4 is 17.9 Å². The summed E-state index contributed by atoms with van der Waals surface area (Å²) in [5, 5.41) is 29.7. The van der Waals surface area contributed by atoms with Gasteiger partial charge < -0.3 is 20.6 Å². The van der Waals surface area contributed by atoms with E-state index in [1.54, 1.807) is 26.0 Å². The number of allylic oxidation sites excluding steroid dienone is 3. The molecule has 4 N–H and O–H groups in total. The summed E-state index contributed by atoms with van der Waals surface area (Å²) in [5.41, 5.74) is 1.52. The lowest BCUT2D eigenvalue weighted by molar-refractivity contribution is -0.142. The summed E-state index contributed by atoms with van der Waals surface area (Å²) in [7, 11) is 0. The molecule has 1 unspecified atom stereocenters. The van der Waals surface area contributed by atoms with Gasteiger partial charge in [0.2, 0.25) is 0 Å². The number of hydrogen-bond acceptors (Lipinski definition) is 4. The van der Waals surface area contributed by atoms with E-state index in [-0.39, 0.29) is 6.42 Å². The van der Waals surface area contributed by atoms with Crippen LogP contribution >= 0.6 is 0 Å². The third-order valence-electron chi connectivity index (χ3n) is 3.81. The van der Waals surface area contributed by atoms with Gasteiger partial charge >= 0.3 is 17.9 Å². The Morgan fingerprint density at radius 1 is 1.32 bits per heavy atom. The minimum Gasteiger partial charge on any atom is -0.481 e. The molecule has 1 aliphatic heterocycles. The highest BCUT2D eigenvalue weighted by Gasteiger charge is 2.38. The van der Waals surface area contributed by atoms with E-state index in [0.29, 0.717) is 13.0 Å².